The summed E-state index contributed by atoms with van der Waals surface area (Å²) in [6.45, 7) is 1.81. The van der Waals surface area contributed by atoms with Gasteiger partial charge in [0.15, 0.2) is 9.84 Å². The average molecular weight is 359 g/mol. The van der Waals surface area contributed by atoms with Gasteiger partial charge in [-0.2, -0.15) is 0 Å². The van der Waals surface area contributed by atoms with E-state index in [4.69, 9.17) is 0 Å². The van der Waals surface area contributed by atoms with Gasteiger partial charge in [-0.15, -0.1) is 0 Å². The first-order valence-corrected chi connectivity index (χ1v) is 8.74. The van der Waals surface area contributed by atoms with Gasteiger partial charge in [0, 0.05) is 36.0 Å². The van der Waals surface area contributed by atoms with Crippen LogP contribution in [0.1, 0.15) is 13.3 Å². The molecule has 1 aliphatic rings. The van der Waals surface area contributed by atoms with Crippen molar-refractivity contribution >= 4 is 43.1 Å². The Morgan fingerprint density at radius 2 is 2.10 bits per heavy atom. The Kier molecular flexibility index (Phi) is 4.02. The molecule has 0 aliphatic carbocycles. The van der Waals surface area contributed by atoms with E-state index in [1.54, 1.807) is 13.1 Å². The lowest BCUT2D eigenvalue weighted by atomic mass is 10.1. The van der Waals surface area contributed by atoms with Crippen LogP contribution in [0.15, 0.2) is 20.3 Å². The van der Waals surface area contributed by atoms with Gasteiger partial charge in [-0.1, -0.05) is 13.0 Å². The van der Waals surface area contributed by atoms with Gasteiger partial charge in [-0.25, -0.2) is 13.4 Å². The highest BCUT2D eigenvalue weighted by Crippen LogP contribution is 2.12. The monoisotopic (exact) mass is 358 g/mol. The minimum absolute atomic E-state index is 0.131. The van der Waals surface area contributed by atoms with Gasteiger partial charge in [0.05, 0.1) is 4.47 Å². The molecule has 0 N–H and O–H groups in total. The highest BCUT2D eigenvalue weighted by Gasteiger charge is 2.20. The lowest BCUT2D eigenvalue weighted by Crippen LogP contribution is -2.42. The lowest BCUT2D eigenvalue weighted by Gasteiger charge is -2.12. The third kappa shape index (κ3) is 2.78. The predicted octanol–water partition coefficient (Wildman–Crippen LogP) is 0.149. The molecule has 0 saturated heterocycles. The molecule has 2 heterocycles. The molecule has 1 atom stereocenters. The third-order valence-electron chi connectivity index (χ3n) is 3.25. The van der Waals surface area contributed by atoms with Crippen LogP contribution in [0.5, 0.6) is 0 Å². The number of rotatable bonds is 0. The van der Waals surface area contributed by atoms with E-state index >= 15 is 0 Å². The molecule has 0 saturated carbocycles. The summed E-state index contributed by atoms with van der Waals surface area (Å²) < 4.78 is 25.4. The smallest absolute Gasteiger partial charge is 0.265 e. The molecule has 0 spiro atoms. The molecule has 0 aromatic carbocycles. The second-order valence-corrected chi connectivity index (χ2v) is 7.72. The molecule has 1 aromatic heterocycles. The molecule has 0 fully saturated rings. The number of hydrogen-bond acceptors (Lipinski definition) is 4. The van der Waals surface area contributed by atoms with Crippen molar-refractivity contribution in [2.75, 3.05) is 6.26 Å². The van der Waals surface area contributed by atoms with E-state index in [2.05, 4.69) is 20.9 Å². The van der Waals surface area contributed by atoms with Gasteiger partial charge in [0.2, 0.25) is 0 Å². The van der Waals surface area contributed by atoms with Gasteiger partial charge in [0.25, 0.3) is 5.56 Å². The standard InChI is InChI=1S/C13H15BrN2O3S/c1-8-4-5-11-9(6-10(14)13(17)16(11)2)7-15-12(8)20(3,18)19/h5-8H,4H2,1-3H3/b9-7-,11-5-,15-12+. The fourth-order valence-corrected chi connectivity index (χ4v) is 3.79. The van der Waals surface area contributed by atoms with Crippen LogP contribution in [-0.4, -0.2) is 24.3 Å². The fraction of sp³-hybridized carbons (Fsp3) is 0.385. The van der Waals surface area contributed by atoms with Crippen LogP contribution in [0, 0.1) is 5.92 Å². The van der Waals surface area contributed by atoms with Crippen LogP contribution in [0.2, 0.25) is 0 Å². The summed E-state index contributed by atoms with van der Waals surface area (Å²) in [5.41, 5.74) is -0.131. The first kappa shape index (κ1) is 15.2. The molecule has 7 heteroatoms. The topological polar surface area (TPSA) is 68.5 Å². The molecule has 5 nitrogen and oxygen atoms in total. The van der Waals surface area contributed by atoms with Crippen molar-refractivity contribution in [1.82, 2.24) is 4.57 Å². The van der Waals surface area contributed by atoms with Gasteiger partial charge >= 0.3 is 0 Å². The number of nitrogens with zero attached hydrogens (tertiary/aromatic N) is 2. The number of pyridine rings is 1. The maximum absolute atomic E-state index is 11.9. The average Bonchev–Trinajstić information content (AvgIpc) is 2.31. The summed E-state index contributed by atoms with van der Waals surface area (Å²) in [5, 5.41) is 1.64. The van der Waals surface area contributed by atoms with Crippen molar-refractivity contribution in [1.29, 1.82) is 0 Å². The minimum atomic E-state index is -3.33. The number of fused-ring (bicyclic) bond motifs is 1. The number of aromatic nitrogens is 1. The van der Waals surface area contributed by atoms with Gasteiger partial charge in [-0.05, 0) is 28.4 Å². The van der Waals surface area contributed by atoms with E-state index in [1.165, 1.54) is 10.8 Å². The lowest BCUT2D eigenvalue weighted by molar-refractivity contribution is 0.609. The zero-order valence-electron chi connectivity index (χ0n) is 11.4. The van der Waals surface area contributed by atoms with Crippen LogP contribution in [-0.2, 0) is 16.9 Å². The molecule has 2 rings (SSSR count). The Labute approximate surface area is 125 Å². The molecule has 1 aliphatic heterocycles. The van der Waals surface area contributed by atoms with Crippen molar-refractivity contribution < 1.29 is 8.42 Å². The van der Waals surface area contributed by atoms with E-state index in [0.717, 1.165) is 11.6 Å². The van der Waals surface area contributed by atoms with Crippen molar-refractivity contribution in [2.45, 2.75) is 13.3 Å². The summed E-state index contributed by atoms with van der Waals surface area (Å²) in [5.74, 6) is -0.215. The zero-order valence-corrected chi connectivity index (χ0v) is 13.8. The molecule has 0 bridgehead atoms. The number of sulfone groups is 1. The first-order chi connectivity index (χ1) is 9.21. The van der Waals surface area contributed by atoms with Gasteiger partial charge in [-0.3, -0.25) is 4.79 Å². The van der Waals surface area contributed by atoms with Crippen LogP contribution >= 0.6 is 15.9 Å². The summed E-state index contributed by atoms with van der Waals surface area (Å²) in [4.78, 5) is 16.0. The Bertz CT molecular complexity index is 866. The Hall–Kier alpha value is -1.21. The molecule has 1 aromatic rings. The quantitative estimate of drug-likeness (QED) is 0.662. The van der Waals surface area contributed by atoms with Crippen molar-refractivity contribution in [3.63, 3.8) is 0 Å². The molecular weight excluding hydrogens is 344 g/mol. The van der Waals surface area contributed by atoms with Crippen molar-refractivity contribution in [3.05, 3.63) is 31.5 Å². The zero-order chi connectivity index (χ0) is 15.1. The van der Waals surface area contributed by atoms with Crippen LogP contribution in [0.4, 0.5) is 0 Å². The maximum atomic E-state index is 11.9. The molecular formula is C13H15BrN2O3S. The second kappa shape index (κ2) is 5.29. The van der Waals surface area contributed by atoms with Crippen LogP contribution in [0.3, 0.4) is 0 Å². The van der Waals surface area contributed by atoms with E-state index in [9.17, 15) is 13.2 Å². The maximum Gasteiger partial charge on any atom is 0.265 e. The van der Waals surface area contributed by atoms with E-state index < -0.39 is 9.84 Å². The Morgan fingerprint density at radius 3 is 2.70 bits per heavy atom. The third-order valence-corrected chi connectivity index (χ3v) is 5.08. The van der Waals surface area contributed by atoms with Gasteiger partial charge in [0.1, 0.15) is 5.04 Å². The molecule has 108 valence electrons. The van der Waals surface area contributed by atoms with Crippen LogP contribution in [0.25, 0.3) is 12.3 Å². The number of hydrogen-bond donors (Lipinski definition) is 0. The van der Waals surface area contributed by atoms with E-state index in [0.29, 0.717) is 16.1 Å². The van der Waals surface area contributed by atoms with Gasteiger partial charge < -0.3 is 4.57 Å². The molecule has 0 radical (unpaired) electrons. The molecule has 1 unspecified atom stereocenters. The normalized spacial score (nSPS) is 25.0. The highest BCUT2D eigenvalue weighted by atomic mass is 79.9. The Morgan fingerprint density at radius 1 is 1.45 bits per heavy atom. The van der Waals surface area contributed by atoms with Crippen molar-refractivity contribution in [2.24, 2.45) is 18.0 Å². The summed E-state index contributed by atoms with van der Waals surface area (Å²) >= 11 is 3.20. The Balaban J connectivity index is 2.85. The first-order valence-electron chi connectivity index (χ1n) is 6.05. The minimum Gasteiger partial charge on any atom is -0.311 e. The second-order valence-electron chi connectivity index (χ2n) is 4.91. The molecule has 20 heavy (non-hydrogen) atoms. The summed E-state index contributed by atoms with van der Waals surface area (Å²) in [6.07, 6.45) is 5.06. The summed E-state index contributed by atoms with van der Waals surface area (Å²) in [7, 11) is -1.64. The number of aliphatic imine (C=N–C) groups is 1. The van der Waals surface area contributed by atoms with Crippen LogP contribution < -0.4 is 16.1 Å². The largest absolute Gasteiger partial charge is 0.311 e. The number of halogens is 1. The SMILES string of the molecule is CC1C/C=c2/c(cc(Br)c(=O)n2C)=C\N=C/1S(C)(=O)=O. The highest BCUT2D eigenvalue weighted by molar-refractivity contribution is 9.10. The van der Waals surface area contributed by atoms with E-state index in [1.807, 2.05) is 13.0 Å². The summed E-state index contributed by atoms with van der Waals surface area (Å²) in [6, 6.07) is 1.66. The van der Waals surface area contributed by atoms with E-state index in [-0.39, 0.29) is 16.5 Å². The fourth-order valence-electron chi connectivity index (χ4n) is 2.20. The molecule has 0 amide bonds. The predicted molar refractivity (Wildman–Crippen MR) is 83.6 cm³/mol. The van der Waals surface area contributed by atoms with Crippen molar-refractivity contribution in [3.8, 4) is 0 Å².